The van der Waals surface area contributed by atoms with Gasteiger partial charge < -0.3 is 4.67 Å². The van der Waals surface area contributed by atoms with Crippen LogP contribution in [0.4, 0.5) is 11.4 Å². The highest BCUT2D eigenvalue weighted by atomic mass is 32.4. The van der Waals surface area contributed by atoms with E-state index in [0.717, 1.165) is 18.5 Å². The maximum atomic E-state index is 6.78. The molecule has 3 aliphatic rings. The Labute approximate surface area is 187 Å². The quantitative estimate of drug-likeness (QED) is 0.307. The smallest absolute Gasteiger partial charge is 0.0986 e. The van der Waals surface area contributed by atoms with E-state index in [2.05, 4.69) is 88.5 Å². The van der Waals surface area contributed by atoms with Gasteiger partial charge in [0, 0.05) is 33.5 Å². The average molecular weight is 435 g/mol. The molecule has 0 saturated carbocycles. The molecule has 7 rings (SSSR count). The van der Waals surface area contributed by atoms with Gasteiger partial charge in [-0.3, -0.25) is 4.98 Å². The molecule has 31 heavy (non-hydrogen) atoms. The molecule has 0 bridgehead atoms. The van der Waals surface area contributed by atoms with Gasteiger partial charge in [0.25, 0.3) is 0 Å². The van der Waals surface area contributed by atoms with Crippen LogP contribution in [0.15, 0.2) is 85.2 Å². The van der Waals surface area contributed by atoms with Crippen LogP contribution in [0.1, 0.15) is 17.5 Å². The summed E-state index contributed by atoms with van der Waals surface area (Å²) in [4.78, 5) is 4.55. The van der Waals surface area contributed by atoms with E-state index in [-0.39, 0.29) is 0 Å². The van der Waals surface area contributed by atoms with Crippen molar-refractivity contribution in [1.82, 2.24) is 4.98 Å². The van der Waals surface area contributed by atoms with Gasteiger partial charge in [0.15, 0.2) is 0 Å². The maximum absolute atomic E-state index is 6.78. The van der Waals surface area contributed by atoms with Crippen LogP contribution in [0.2, 0.25) is 0 Å². The minimum Gasteiger partial charge on any atom is -0.302 e. The van der Waals surface area contributed by atoms with Gasteiger partial charge in [-0.1, -0.05) is 84.6 Å². The summed E-state index contributed by atoms with van der Waals surface area (Å²) < 4.78 is 2.50. The van der Waals surface area contributed by atoms with Crippen LogP contribution in [0.5, 0.6) is 0 Å². The second-order valence-electron chi connectivity index (χ2n) is 8.29. The van der Waals surface area contributed by atoms with Crippen LogP contribution in [0.25, 0.3) is 28.3 Å². The monoisotopic (exact) mass is 434 g/mol. The number of hydrogen-bond donors (Lipinski definition) is 0. The normalized spacial score (nSPS) is 19.4. The van der Waals surface area contributed by atoms with Crippen molar-refractivity contribution in [2.45, 2.75) is 12.8 Å². The first-order valence-electron chi connectivity index (χ1n) is 10.7. The molecule has 1 atom stereocenters. The van der Waals surface area contributed by atoms with Crippen molar-refractivity contribution in [3.05, 3.63) is 96.3 Å². The summed E-state index contributed by atoms with van der Waals surface area (Å²) >= 11 is 6.78. The second-order valence-corrected chi connectivity index (χ2v) is 12.4. The molecule has 3 aromatic carbocycles. The highest BCUT2D eigenvalue weighted by molar-refractivity contribution is 8.23. The fourth-order valence-corrected chi connectivity index (χ4v) is 10.1. The van der Waals surface area contributed by atoms with Crippen molar-refractivity contribution in [3.8, 4) is 22.3 Å². The zero-order valence-electron chi connectivity index (χ0n) is 16.8. The zero-order valence-corrected chi connectivity index (χ0v) is 18.5. The van der Waals surface area contributed by atoms with Crippen molar-refractivity contribution in [1.29, 1.82) is 0 Å². The van der Waals surface area contributed by atoms with E-state index in [1.165, 1.54) is 49.7 Å². The molecular formula is C27H19N2PS. The lowest BCUT2D eigenvalue weighted by Gasteiger charge is -2.48. The van der Waals surface area contributed by atoms with Crippen LogP contribution in [-0.4, -0.2) is 4.98 Å². The fourth-order valence-electron chi connectivity index (χ4n) is 5.41. The van der Waals surface area contributed by atoms with E-state index in [4.69, 9.17) is 11.8 Å². The SMILES string of the molecule is S=P12c3ccccc3-c3ccncc3N1c1c(ccc3c1C=CCC3)-c1ccccc12. The van der Waals surface area contributed by atoms with Crippen molar-refractivity contribution in [2.24, 2.45) is 0 Å². The summed E-state index contributed by atoms with van der Waals surface area (Å²) in [6.45, 7) is 0. The van der Waals surface area contributed by atoms with Crippen molar-refractivity contribution in [2.75, 3.05) is 4.67 Å². The minimum atomic E-state index is -2.32. The van der Waals surface area contributed by atoms with Crippen LogP contribution in [0, 0.1) is 0 Å². The number of aryl methyl sites for hydroxylation is 1. The highest BCUT2D eigenvalue weighted by Crippen LogP contribution is 2.66. The van der Waals surface area contributed by atoms with Gasteiger partial charge in [0.05, 0.1) is 23.8 Å². The number of aromatic nitrogens is 1. The van der Waals surface area contributed by atoms with E-state index in [0.29, 0.717) is 0 Å². The Morgan fingerprint density at radius 3 is 2.35 bits per heavy atom. The Balaban J connectivity index is 1.71. The first kappa shape index (κ1) is 17.7. The number of nitrogens with zero attached hydrogens (tertiary/aromatic N) is 2. The third kappa shape index (κ3) is 2.18. The number of benzene rings is 3. The van der Waals surface area contributed by atoms with Crippen LogP contribution in [0.3, 0.4) is 0 Å². The molecule has 3 heterocycles. The summed E-state index contributed by atoms with van der Waals surface area (Å²) in [5.41, 5.74) is 10.1. The van der Waals surface area contributed by atoms with E-state index in [1.807, 2.05) is 12.4 Å². The summed E-state index contributed by atoms with van der Waals surface area (Å²) in [6, 6.07) is 24.3. The third-order valence-corrected chi connectivity index (χ3v) is 11.5. The van der Waals surface area contributed by atoms with E-state index in [9.17, 15) is 0 Å². The first-order chi connectivity index (χ1) is 15.3. The Morgan fingerprint density at radius 2 is 1.55 bits per heavy atom. The minimum absolute atomic E-state index is 1.08. The largest absolute Gasteiger partial charge is 0.302 e. The first-order valence-corrected chi connectivity index (χ1v) is 13.4. The number of rotatable bonds is 0. The third-order valence-electron chi connectivity index (χ3n) is 6.74. The van der Waals surface area contributed by atoms with Crippen LogP contribution < -0.4 is 15.3 Å². The van der Waals surface area contributed by atoms with E-state index in [1.54, 1.807) is 0 Å². The molecule has 2 aliphatic heterocycles. The summed E-state index contributed by atoms with van der Waals surface area (Å²) in [5, 5.41) is 2.55. The molecule has 0 fully saturated rings. The molecular weight excluding hydrogens is 415 g/mol. The van der Waals surface area contributed by atoms with Gasteiger partial charge in [0.1, 0.15) is 0 Å². The van der Waals surface area contributed by atoms with Gasteiger partial charge in [-0.05, 0) is 35.6 Å². The molecule has 0 N–H and O–H groups in total. The Bertz CT molecular complexity index is 1490. The second kappa shape index (κ2) is 6.26. The highest BCUT2D eigenvalue weighted by Gasteiger charge is 2.45. The number of allylic oxidation sites excluding steroid dienone is 1. The van der Waals surface area contributed by atoms with E-state index >= 15 is 0 Å². The lowest BCUT2D eigenvalue weighted by molar-refractivity contribution is 0.985. The molecule has 4 aromatic rings. The fraction of sp³-hybridized carbons (Fsp3) is 0.0741. The zero-order chi connectivity index (χ0) is 20.6. The number of fused-ring (bicyclic) bond motifs is 13. The Hall–Kier alpha value is -3.00. The lowest BCUT2D eigenvalue weighted by atomic mass is 9.90. The maximum Gasteiger partial charge on any atom is 0.0986 e. The van der Waals surface area contributed by atoms with Crippen LogP contribution >= 0.6 is 6.19 Å². The van der Waals surface area contributed by atoms with Crippen molar-refractivity contribution in [3.63, 3.8) is 0 Å². The molecule has 148 valence electrons. The molecule has 0 saturated heterocycles. The number of pyridine rings is 1. The molecule has 0 amide bonds. The predicted molar refractivity (Wildman–Crippen MR) is 135 cm³/mol. The summed E-state index contributed by atoms with van der Waals surface area (Å²) in [7, 11) is 0. The van der Waals surface area contributed by atoms with Gasteiger partial charge in [-0.25, -0.2) is 0 Å². The molecule has 0 spiro atoms. The Morgan fingerprint density at radius 1 is 0.806 bits per heavy atom. The van der Waals surface area contributed by atoms with Gasteiger partial charge in [0.2, 0.25) is 0 Å². The van der Waals surface area contributed by atoms with Gasteiger partial charge >= 0.3 is 0 Å². The lowest BCUT2D eigenvalue weighted by Crippen LogP contribution is -2.37. The molecule has 1 unspecified atom stereocenters. The standard InChI is InChI=1S/C27H19N2PS/c31-30-25-11-5-3-9-21(25)20-15-16-28-17-24(20)29(30)27-19-8-2-1-7-18(19)13-14-23(27)22-10-4-6-12-26(22)30/h2-6,8-17H,1,7H2. The summed E-state index contributed by atoms with van der Waals surface area (Å²) in [5.74, 6) is 0. The molecule has 1 aromatic heterocycles. The molecule has 2 nitrogen and oxygen atoms in total. The number of anilines is 2. The molecule has 0 radical (unpaired) electrons. The van der Waals surface area contributed by atoms with Crippen LogP contribution in [-0.2, 0) is 18.2 Å². The topological polar surface area (TPSA) is 16.1 Å². The summed E-state index contributed by atoms with van der Waals surface area (Å²) in [6.07, 6.45) is 8.37. The average Bonchev–Trinajstić information content (AvgIpc) is 2.84. The molecule has 4 heteroatoms. The van der Waals surface area contributed by atoms with Gasteiger partial charge in [-0.15, -0.1) is 0 Å². The Kier molecular flexibility index (Phi) is 3.57. The predicted octanol–water partition coefficient (Wildman–Crippen LogP) is 6.19. The van der Waals surface area contributed by atoms with Gasteiger partial charge in [-0.2, -0.15) is 0 Å². The van der Waals surface area contributed by atoms with Crippen molar-refractivity contribution < 1.29 is 0 Å². The van der Waals surface area contributed by atoms with Crippen molar-refractivity contribution >= 4 is 46.1 Å². The number of hydrogen-bond acceptors (Lipinski definition) is 2. The van der Waals surface area contributed by atoms with E-state index < -0.39 is 6.19 Å². The molecule has 1 aliphatic carbocycles.